The van der Waals surface area contributed by atoms with Gasteiger partial charge in [-0.3, -0.25) is 9.59 Å². The summed E-state index contributed by atoms with van der Waals surface area (Å²) in [6.45, 7) is 4.44. The zero-order valence-electron chi connectivity index (χ0n) is 18.6. The van der Waals surface area contributed by atoms with E-state index in [1.807, 2.05) is 50.2 Å². The average Bonchev–Trinajstić information content (AvgIpc) is 2.77. The van der Waals surface area contributed by atoms with Crippen LogP contribution in [0.1, 0.15) is 62.1 Å². The normalized spacial score (nSPS) is 15.3. The fourth-order valence-electron chi connectivity index (χ4n) is 4.23. The van der Waals surface area contributed by atoms with Crippen LogP contribution in [-0.4, -0.2) is 28.8 Å². The number of carbonyl (C=O) groups excluding carboxylic acids is 2. The van der Waals surface area contributed by atoms with E-state index in [9.17, 15) is 9.59 Å². The first-order valence-electron chi connectivity index (χ1n) is 11.4. The molecule has 1 N–H and O–H groups in total. The van der Waals surface area contributed by atoms with Crippen molar-refractivity contribution in [3.63, 3.8) is 0 Å². The first-order valence-corrected chi connectivity index (χ1v) is 11.7. The molecule has 0 aromatic heterocycles. The molecule has 0 aliphatic heterocycles. The van der Waals surface area contributed by atoms with E-state index in [2.05, 4.69) is 5.32 Å². The van der Waals surface area contributed by atoms with Crippen LogP contribution < -0.4 is 5.32 Å². The fourth-order valence-corrected chi connectivity index (χ4v) is 4.36. The number of carbonyl (C=O) groups is 2. The quantitative estimate of drug-likeness (QED) is 0.593. The van der Waals surface area contributed by atoms with Crippen molar-refractivity contribution in [1.29, 1.82) is 0 Å². The predicted molar refractivity (Wildman–Crippen MR) is 126 cm³/mol. The summed E-state index contributed by atoms with van der Waals surface area (Å²) in [6, 6.07) is 15.2. The monoisotopic (exact) mass is 440 g/mol. The third kappa shape index (κ3) is 6.83. The Morgan fingerprint density at radius 1 is 1.00 bits per heavy atom. The molecule has 2 aromatic rings. The molecule has 0 spiro atoms. The number of nitrogens with zero attached hydrogens (tertiary/aromatic N) is 1. The Kier molecular flexibility index (Phi) is 8.53. The number of nitrogens with one attached hydrogen (secondary N) is 1. The molecule has 4 nitrogen and oxygen atoms in total. The van der Waals surface area contributed by atoms with Gasteiger partial charge < -0.3 is 10.2 Å². The van der Waals surface area contributed by atoms with Crippen molar-refractivity contribution < 1.29 is 9.59 Å². The van der Waals surface area contributed by atoms with Gasteiger partial charge in [-0.15, -0.1) is 0 Å². The molecule has 0 radical (unpaired) electrons. The standard InChI is InChI=1S/C26H33ClN2O2/c1-3-24(26(31)28-23-7-5-4-6-8-23)29(18-21-11-9-19(2)10-12-21)25(30)17-20-13-15-22(27)16-14-20/h9-16,23-24H,3-8,17-18H2,1-2H3,(H,28,31)/t24-/m1/s1. The molecule has 1 aliphatic rings. The summed E-state index contributed by atoms with van der Waals surface area (Å²) in [5, 5.41) is 3.87. The highest BCUT2D eigenvalue weighted by molar-refractivity contribution is 6.30. The Labute approximate surface area is 191 Å². The van der Waals surface area contributed by atoms with E-state index in [4.69, 9.17) is 11.6 Å². The summed E-state index contributed by atoms with van der Waals surface area (Å²) in [5.41, 5.74) is 3.09. The maximum absolute atomic E-state index is 13.4. The van der Waals surface area contributed by atoms with Crippen LogP contribution in [0.3, 0.4) is 0 Å². The van der Waals surface area contributed by atoms with Gasteiger partial charge in [0.05, 0.1) is 6.42 Å². The van der Waals surface area contributed by atoms with E-state index in [0.29, 0.717) is 18.0 Å². The third-order valence-electron chi connectivity index (χ3n) is 6.08. The highest BCUT2D eigenvalue weighted by Gasteiger charge is 2.30. The van der Waals surface area contributed by atoms with Crippen molar-refractivity contribution >= 4 is 23.4 Å². The molecule has 1 saturated carbocycles. The molecule has 31 heavy (non-hydrogen) atoms. The number of aryl methyl sites for hydroxylation is 1. The maximum Gasteiger partial charge on any atom is 0.243 e. The summed E-state index contributed by atoms with van der Waals surface area (Å²) in [6.07, 6.45) is 6.43. The van der Waals surface area contributed by atoms with Crippen LogP contribution in [0.25, 0.3) is 0 Å². The van der Waals surface area contributed by atoms with Crippen LogP contribution in [0.15, 0.2) is 48.5 Å². The van der Waals surface area contributed by atoms with Gasteiger partial charge in [-0.1, -0.05) is 79.7 Å². The highest BCUT2D eigenvalue weighted by atomic mass is 35.5. The summed E-state index contributed by atoms with van der Waals surface area (Å²) in [4.78, 5) is 28.3. The predicted octanol–water partition coefficient (Wildman–Crippen LogP) is 5.45. The van der Waals surface area contributed by atoms with E-state index in [-0.39, 0.29) is 24.3 Å². The zero-order chi connectivity index (χ0) is 22.2. The molecule has 1 fully saturated rings. The molecular formula is C26H33ClN2O2. The molecule has 2 aromatic carbocycles. The van der Waals surface area contributed by atoms with Crippen molar-refractivity contribution in [2.75, 3.05) is 0 Å². The van der Waals surface area contributed by atoms with Crippen molar-refractivity contribution in [2.24, 2.45) is 0 Å². The summed E-state index contributed by atoms with van der Waals surface area (Å²) >= 11 is 5.99. The first kappa shape index (κ1) is 23.3. The Bertz CT molecular complexity index is 858. The molecular weight excluding hydrogens is 408 g/mol. The molecule has 5 heteroatoms. The SMILES string of the molecule is CC[C@H](C(=O)NC1CCCCC1)N(Cc1ccc(C)cc1)C(=O)Cc1ccc(Cl)cc1. The van der Waals surface area contributed by atoms with Crippen LogP contribution in [0.4, 0.5) is 0 Å². The molecule has 0 unspecified atom stereocenters. The smallest absolute Gasteiger partial charge is 0.243 e. The van der Waals surface area contributed by atoms with Gasteiger partial charge in [-0.2, -0.15) is 0 Å². The largest absolute Gasteiger partial charge is 0.352 e. The fraction of sp³-hybridized carbons (Fsp3) is 0.462. The highest BCUT2D eigenvalue weighted by Crippen LogP contribution is 2.20. The number of rotatable bonds is 8. The molecule has 0 heterocycles. The van der Waals surface area contributed by atoms with Crippen LogP contribution in [-0.2, 0) is 22.6 Å². The Morgan fingerprint density at radius 3 is 2.23 bits per heavy atom. The second kappa shape index (κ2) is 11.3. The van der Waals surface area contributed by atoms with Gasteiger partial charge >= 0.3 is 0 Å². The van der Waals surface area contributed by atoms with Gasteiger partial charge in [0.1, 0.15) is 6.04 Å². The van der Waals surface area contributed by atoms with E-state index in [1.165, 1.54) is 12.0 Å². The lowest BCUT2D eigenvalue weighted by molar-refractivity contribution is -0.141. The molecule has 3 rings (SSSR count). The lowest BCUT2D eigenvalue weighted by atomic mass is 9.95. The van der Waals surface area contributed by atoms with Gasteiger partial charge in [-0.05, 0) is 49.4 Å². The van der Waals surface area contributed by atoms with E-state index < -0.39 is 6.04 Å². The second-order valence-corrected chi connectivity index (χ2v) is 9.01. The molecule has 1 aliphatic carbocycles. The van der Waals surface area contributed by atoms with Crippen LogP contribution in [0, 0.1) is 6.92 Å². The van der Waals surface area contributed by atoms with Gasteiger partial charge in [0.2, 0.25) is 11.8 Å². The number of halogens is 1. The van der Waals surface area contributed by atoms with E-state index >= 15 is 0 Å². The lowest BCUT2D eigenvalue weighted by Gasteiger charge is -2.33. The first-order chi connectivity index (χ1) is 15.0. The minimum Gasteiger partial charge on any atom is -0.352 e. The number of amides is 2. The van der Waals surface area contributed by atoms with Crippen molar-refractivity contribution in [2.45, 2.75) is 77.4 Å². The van der Waals surface area contributed by atoms with Gasteiger partial charge in [0.25, 0.3) is 0 Å². The maximum atomic E-state index is 13.4. The van der Waals surface area contributed by atoms with E-state index in [0.717, 1.165) is 36.8 Å². The Morgan fingerprint density at radius 2 is 1.61 bits per heavy atom. The Balaban J connectivity index is 1.79. The van der Waals surface area contributed by atoms with Crippen molar-refractivity contribution in [1.82, 2.24) is 10.2 Å². The minimum atomic E-state index is -0.483. The number of benzene rings is 2. The third-order valence-corrected chi connectivity index (χ3v) is 6.33. The van der Waals surface area contributed by atoms with Gasteiger partial charge in [0.15, 0.2) is 0 Å². The molecule has 0 bridgehead atoms. The number of hydrogen-bond acceptors (Lipinski definition) is 2. The van der Waals surface area contributed by atoms with Crippen LogP contribution >= 0.6 is 11.6 Å². The summed E-state index contributed by atoms with van der Waals surface area (Å²) in [5.74, 6) is -0.0838. The lowest BCUT2D eigenvalue weighted by Crippen LogP contribution is -2.51. The molecule has 1 atom stereocenters. The zero-order valence-corrected chi connectivity index (χ0v) is 19.3. The minimum absolute atomic E-state index is 0.0361. The molecule has 0 saturated heterocycles. The van der Waals surface area contributed by atoms with Crippen LogP contribution in [0.5, 0.6) is 0 Å². The van der Waals surface area contributed by atoms with E-state index in [1.54, 1.807) is 17.0 Å². The summed E-state index contributed by atoms with van der Waals surface area (Å²) < 4.78 is 0. The number of hydrogen-bond donors (Lipinski definition) is 1. The van der Waals surface area contributed by atoms with Crippen molar-refractivity contribution in [3.8, 4) is 0 Å². The van der Waals surface area contributed by atoms with Crippen molar-refractivity contribution in [3.05, 3.63) is 70.2 Å². The second-order valence-electron chi connectivity index (χ2n) is 8.58. The topological polar surface area (TPSA) is 49.4 Å². The summed E-state index contributed by atoms with van der Waals surface area (Å²) in [7, 11) is 0. The van der Waals surface area contributed by atoms with Gasteiger partial charge in [0, 0.05) is 17.6 Å². The molecule has 166 valence electrons. The Hall–Kier alpha value is -2.33. The molecule has 2 amide bonds. The van der Waals surface area contributed by atoms with Gasteiger partial charge in [-0.25, -0.2) is 0 Å². The average molecular weight is 441 g/mol. The van der Waals surface area contributed by atoms with Crippen LogP contribution in [0.2, 0.25) is 5.02 Å².